The summed E-state index contributed by atoms with van der Waals surface area (Å²) in [4.78, 5) is 28.9. The van der Waals surface area contributed by atoms with E-state index >= 15 is 0 Å². The van der Waals surface area contributed by atoms with Gasteiger partial charge in [-0.05, 0) is 49.2 Å². The molecule has 0 N–H and O–H groups in total. The zero-order valence-electron chi connectivity index (χ0n) is 18.7. The molecule has 0 aliphatic carbocycles. The van der Waals surface area contributed by atoms with Crippen LogP contribution in [0.15, 0.2) is 67.0 Å². The first-order valence-corrected chi connectivity index (χ1v) is 11.0. The number of alkyl halides is 3. The molecule has 6 nitrogen and oxygen atoms in total. The van der Waals surface area contributed by atoms with Crippen LogP contribution < -0.4 is 0 Å². The smallest absolute Gasteiger partial charge is 0.341 e. The van der Waals surface area contributed by atoms with Crippen LogP contribution in [0.3, 0.4) is 0 Å². The number of piperidine rings is 1. The quantitative estimate of drug-likeness (QED) is 0.555. The van der Waals surface area contributed by atoms with Crippen LogP contribution in [-0.2, 0) is 17.5 Å². The van der Waals surface area contributed by atoms with Gasteiger partial charge in [0, 0.05) is 49.9 Å². The lowest BCUT2D eigenvalue weighted by atomic mass is 9.94. The lowest BCUT2D eigenvalue weighted by Crippen LogP contribution is -2.43. The van der Waals surface area contributed by atoms with E-state index < -0.39 is 11.7 Å². The van der Waals surface area contributed by atoms with Crippen molar-refractivity contribution in [3.8, 4) is 5.69 Å². The van der Waals surface area contributed by atoms with Gasteiger partial charge in [-0.15, -0.1) is 0 Å². The van der Waals surface area contributed by atoms with Crippen LogP contribution in [0.1, 0.15) is 34.3 Å². The maximum atomic E-state index is 12.9. The standard InChI is InChI=1S/C25H25F3N4O2/c1-30(16-18-15-29-32(17-18)22-5-3-2-4-6-22)23(33)20-11-13-31(14-12-20)24(34)19-7-9-21(10-8-19)25(26,27)28/h2-10,15,17,20H,11-14,16H2,1H3. The highest BCUT2D eigenvalue weighted by molar-refractivity contribution is 5.94. The van der Waals surface area contributed by atoms with Gasteiger partial charge in [-0.25, -0.2) is 4.68 Å². The van der Waals surface area contributed by atoms with Crippen molar-refractivity contribution in [1.82, 2.24) is 19.6 Å². The second-order valence-electron chi connectivity index (χ2n) is 8.46. The van der Waals surface area contributed by atoms with Crippen LogP contribution in [0.4, 0.5) is 13.2 Å². The van der Waals surface area contributed by atoms with E-state index in [2.05, 4.69) is 5.10 Å². The summed E-state index contributed by atoms with van der Waals surface area (Å²) in [5.74, 6) is -0.513. The largest absolute Gasteiger partial charge is 0.416 e. The summed E-state index contributed by atoms with van der Waals surface area (Å²) in [6.07, 6.45) is 0.219. The third-order valence-corrected chi connectivity index (χ3v) is 6.04. The van der Waals surface area contributed by atoms with Crippen LogP contribution in [0, 0.1) is 5.92 Å². The molecule has 9 heteroatoms. The second-order valence-corrected chi connectivity index (χ2v) is 8.46. The molecule has 0 spiro atoms. The van der Waals surface area contributed by atoms with E-state index in [-0.39, 0.29) is 23.3 Å². The first-order valence-electron chi connectivity index (χ1n) is 11.0. The van der Waals surface area contributed by atoms with Gasteiger partial charge in [-0.2, -0.15) is 18.3 Å². The lowest BCUT2D eigenvalue weighted by Gasteiger charge is -2.33. The summed E-state index contributed by atoms with van der Waals surface area (Å²) >= 11 is 0. The van der Waals surface area contributed by atoms with Crippen molar-refractivity contribution in [2.45, 2.75) is 25.6 Å². The van der Waals surface area contributed by atoms with Crippen molar-refractivity contribution >= 4 is 11.8 Å². The maximum Gasteiger partial charge on any atom is 0.416 e. The minimum Gasteiger partial charge on any atom is -0.341 e. The van der Waals surface area contributed by atoms with Gasteiger partial charge in [0.2, 0.25) is 5.91 Å². The van der Waals surface area contributed by atoms with Crippen LogP contribution in [0.25, 0.3) is 5.69 Å². The topological polar surface area (TPSA) is 58.4 Å². The summed E-state index contributed by atoms with van der Waals surface area (Å²) in [6.45, 7) is 1.20. The molecule has 4 rings (SSSR count). The Hall–Kier alpha value is -3.62. The molecule has 1 fully saturated rings. The van der Waals surface area contributed by atoms with Crippen molar-refractivity contribution in [2.24, 2.45) is 5.92 Å². The number of aromatic nitrogens is 2. The van der Waals surface area contributed by atoms with Crippen LogP contribution in [-0.4, -0.2) is 51.5 Å². The van der Waals surface area contributed by atoms with Gasteiger partial charge in [0.05, 0.1) is 17.4 Å². The molecular formula is C25H25F3N4O2. The number of nitrogens with zero attached hydrogens (tertiary/aromatic N) is 4. The predicted molar refractivity (Wildman–Crippen MR) is 120 cm³/mol. The number of hydrogen-bond donors (Lipinski definition) is 0. The van der Waals surface area contributed by atoms with Crippen LogP contribution in [0.2, 0.25) is 0 Å². The van der Waals surface area contributed by atoms with Crippen molar-refractivity contribution in [2.75, 3.05) is 20.1 Å². The normalized spacial score (nSPS) is 14.8. The van der Waals surface area contributed by atoms with Crippen molar-refractivity contribution in [1.29, 1.82) is 0 Å². The predicted octanol–water partition coefficient (Wildman–Crippen LogP) is 4.40. The van der Waals surface area contributed by atoms with Crippen LogP contribution >= 0.6 is 0 Å². The maximum absolute atomic E-state index is 12.9. The molecule has 0 atom stereocenters. The van der Waals surface area contributed by atoms with E-state index in [1.54, 1.807) is 27.7 Å². The zero-order valence-corrected chi connectivity index (χ0v) is 18.7. The number of carbonyl (C=O) groups excluding carboxylic acids is 2. The number of para-hydroxylation sites is 1. The first-order chi connectivity index (χ1) is 16.2. The summed E-state index contributed by atoms with van der Waals surface area (Å²) in [6, 6.07) is 13.9. The minimum absolute atomic E-state index is 0.00842. The zero-order chi connectivity index (χ0) is 24.3. The SMILES string of the molecule is CN(Cc1cnn(-c2ccccc2)c1)C(=O)C1CCN(C(=O)c2ccc(C(F)(F)F)cc2)CC1. The monoisotopic (exact) mass is 470 g/mol. The van der Waals surface area contributed by atoms with E-state index in [0.29, 0.717) is 32.5 Å². The number of carbonyl (C=O) groups is 2. The molecule has 2 heterocycles. The molecular weight excluding hydrogens is 445 g/mol. The molecule has 1 aliphatic heterocycles. The lowest BCUT2D eigenvalue weighted by molar-refractivity contribution is -0.137. The molecule has 3 aromatic rings. The Morgan fingerprint density at radius 2 is 1.68 bits per heavy atom. The summed E-state index contributed by atoms with van der Waals surface area (Å²) in [5.41, 5.74) is 1.28. The number of likely N-dealkylation sites (tertiary alicyclic amines) is 1. The van der Waals surface area contributed by atoms with Crippen molar-refractivity contribution < 1.29 is 22.8 Å². The number of rotatable bonds is 5. The summed E-state index contributed by atoms with van der Waals surface area (Å²) < 4.78 is 40.0. The van der Waals surface area contributed by atoms with Crippen molar-refractivity contribution in [3.05, 3.63) is 83.7 Å². The third-order valence-electron chi connectivity index (χ3n) is 6.04. The highest BCUT2D eigenvalue weighted by atomic mass is 19.4. The molecule has 2 amide bonds. The van der Waals surface area contributed by atoms with Gasteiger partial charge in [0.25, 0.3) is 5.91 Å². The van der Waals surface area contributed by atoms with E-state index in [9.17, 15) is 22.8 Å². The molecule has 1 aromatic heterocycles. The number of hydrogen-bond acceptors (Lipinski definition) is 3. The van der Waals surface area contributed by atoms with Crippen molar-refractivity contribution in [3.63, 3.8) is 0 Å². The highest BCUT2D eigenvalue weighted by Crippen LogP contribution is 2.29. The number of benzene rings is 2. The van der Waals surface area contributed by atoms with Gasteiger partial charge in [-0.3, -0.25) is 9.59 Å². The van der Waals surface area contributed by atoms with E-state index in [1.165, 1.54) is 12.1 Å². The average Bonchev–Trinajstić information content (AvgIpc) is 3.32. The Labute approximate surface area is 195 Å². The van der Waals surface area contributed by atoms with Gasteiger partial charge in [0.1, 0.15) is 0 Å². The van der Waals surface area contributed by atoms with E-state index in [1.807, 2.05) is 36.5 Å². The fourth-order valence-electron chi connectivity index (χ4n) is 4.14. The number of halogens is 3. The van der Waals surface area contributed by atoms with Gasteiger partial charge in [0.15, 0.2) is 0 Å². The van der Waals surface area contributed by atoms with Gasteiger partial charge in [-0.1, -0.05) is 18.2 Å². The molecule has 1 saturated heterocycles. The third kappa shape index (κ3) is 5.30. The Balaban J connectivity index is 1.30. The minimum atomic E-state index is -4.44. The molecule has 34 heavy (non-hydrogen) atoms. The first kappa shape index (κ1) is 23.5. The van der Waals surface area contributed by atoms with E-state index in [0.717, 1.165) is 23.4 Å². The Morgan fingerprint density at radius 3 is 2.29 bits per heavy atom. The molecule has 0 saturated carbocycles. The molecule has 0 unspecified atom stereocenters. The highest BCUT2D eigenvalue weighted by Gasteiger charge is 2.32. The van der Waals surface area contributed by atoms with Gasteiger partial charge >= 0.3 is 6.18 Å². The van der Waals surface area contributed by atoms with Gasteiger partial charge < -0.3 is 9.80 Å². The Kier molecular flexibility index (Phi) is 6.72. The average molecular weight is 470 g/mol. The van der Waals surface area contributed by atoms with E-state index in [4.69, 9.17) is 0 Å². The Morgan fingerprint density at radius 1 is 1.03 bits per heavy atom. The fraction of sp³-hybridized carbons (Fsp3) is 0.320. The molecule has 178 valence electrons. The molecule has 1 aliphatic rings. The van der Waals surface area contributed by atoms with Crippen LogP contribution in [0.5, 0.6) is 0 Å². The Bertz CT molecular complexity index is 1130. The molecule has 0 bridgehead atoms. The molecule has 2 aromatic carbocycles. The summed E-state index contributed by atoms with van der Waals surface area (Å²) in [7, 11) is 1.75. The fourth-order valence-corrected chi connectivity index (χ4v) is 4.14. The second kappa shape index (κ2) is 9.70. The number of amides is 2. The molecule has 0 radical (unpaired) electrons. The summed E-state index contributed by atoms with van der Waals surface area (Å²) in [5, 5.41) is 4.36.